The monoisotopic (exact) mass is 228 g/mol. The van der Waals surface area contributed by atoms with Gasteiger partial charge in [-0.15, -0.1) is 0 Å². The molecule has 0 saturated carbocycles. The van der Waals surface area contributed by atoms with E-state index in [1.807, 2.05) is 0 Å². The molecule has 3 rings (SSSR count). The molecule has 1 saturated heterocycles. The van der Waals surface area contributed by atoms with Gasteiger partial charge in [-0.1, -0.05) is 23.3 Å². The van der Waals surface area contributed by atoms with Crippen molar-refractivity contribution in [2.24, 2.45) is 0 Å². The van der Waals surface area contributed by atoms with Gasteiger partial charge in [-0.05, 0) is 32.4 Å². The van der Waals surface area contributed by atoms with Crippen LogP contribution in [0, 0.1) is 0 Å². The van der Waals surface area contributed by atoms with Crippen LogP contribution in [0.5, 0.6) is 0 Å². The van der Waals surface area contributed by atoms with Gasteiger partial charge in [-0.25, -0.2) is 0 Å². The van der Waals surface area contributed by atoms with Gasteiger partial charge in [0.15, 0.2) is 0 Å². The molecule has 0 N–H and O–H groups in total. The zero-order valence-electron chi connectivity index (χ0n) is 10.7. The highest BCUT2D eigenvalue weighted by Gasteiger charge is 2.25. The van der Waals surface area contributed by atoms with Gasteiger partial charge in [0, 0.05) is 26.2 Å². The molecule has 2 heteroatoms. The molecule has 3 aliphatic heterocycles. The van der Waals surface area contributed by atoms with Crippen LogP contribution in [0.25, 0.3) is 0 Å². The van der Waals surface area contributed by atoms with Crippen LogP contribution >= 0.6 is 0 Å². The summed E-state index contributed by atoms with van der Waals surface area (Å²) in [5, 5.41) is 0. The lowest BCUT2D eigenvalue weighted by atomic mass is 10.1. The van der Waals surface area contributed by atoms with Crippen LogP contribution in [0.3, 0.4) is 0 Å². The van der Waals surface area contributed by atoms with Crippen molar-refractivity contribution in [2.45, 2.75) is 20.3 Å². The summed E-state index contributed by atoms with van der Waals surface area (Å²) in [6, 6.07) is 0. The predicted molar refractivity (Wildman–Crippen MR) is 71.4 cm³/mol. The Balaban J connectivity index is 2.01. The lowest BCUT2D eigenvalue weighted by Crippen LogP contribution is -2.31. The van der Waals surface area contributed by atoms with E-state index in [1.54, 1.807) is 0 Å². The molecule has 0 aromatic carbocycles. The van der Waals surface area contributed by atoms with Gasteiger partial charge >= 0.3 is 0 Å². The van der Waals surface area contributed by atoms with E-state index in [4.69, 9.17) is 0 Å². The second-order valence-electron chi connectivity index (χ2n) is 5.33. The summed E-state index contributed by atoms with van der Waals surface area (Å²) >= 11 is 0. The van der Waals surface area contributed by atoms with Crippen molar-refractivity contribution in [3.63, 3.8) is 0 Å². The molecule has 0 atom stereocenters. The smallest absolute Gasteiger partial charge is 0.0607 e. The maximum Gasteiger partial charge on any atom is 0.0607 e. The SMILES string of the molecule is CC1=CC=C2C3=CC=C(C)CN3CCCN2C1. The second-order valence-corrected chi connectivity index (χ2v) is 5.33. The Morgan fingerprint density at radius 3 is 1.71 bits per heavy atom. The lowest BCUT2D eigenvalue weighted by Gasteiger charge is -2.34. The Kier molecular flexibility index (Phi) is 2.58. The van der Waals surface area contributed by atoms with Crippen LogP contribution in [0.2, 0.25) is 0 Å². The molecule has 0 unspecified atom stereocenters. The lowest BCUT2D eigenvalue weighted by molar-refractivity contribution is 0.378. The Bertz CT molecular complexity index is 410. The fourth-order valence-electron chi connectivity index (χ4n) is 2.88. The molecular weight excluding hydrogens is 208 g/mol. The molecule has 1 fully saturated rings. The third kappa shape index (κ3) is 1.92. The number of fused-ring (bicyclic) bond motifs is 3. The molecule has 90 valence electrons. The first-order chi connectivity index (χ1) is 8.24. The van der Waals surface area contributed by atoms with Crippen molar-refractivity contribution in [1.82, 2.24) is 9.80 Å². The Morgan fingerprint density at radius 1 is 0.765 bits per heavy atom. The minimum absolute atomic E-state index is 1.10. The third-order valence-corrected chi connectivity index (χ3v) is 3.73. The first-order valence-corrected chi connectivity index (χ1v) is 6.49. The summed E-state index contributed by atoms with van der Waals surface area (Å²) in [6.07, 6.45) is 10.4. The van der Waals surface area contributed by atoms with Crippen molar-refractivity contribution in [3.8, 4) is 0 Å². The van der Waals surface area contributed by atoms with Gasteiger partial charge in [0.25, 0.3) is 0 Å². The second kappa shape index (κ2) is 4.10. The standard InChI is InChI=1S/C15H20N2/c1-12-4-6-14-15-7-5-13(2)11-17(15)9-3-8-16(14)10-12/h4-7H,3,8-11H2,1-2H3. The van der Waals surface area contributed by atoms with E-state index in [1.165, 1.54) is 42.1 Å². The van der Waals surface area contributed by atoms with Gasteiger partial charge in [-0.2, -0.15) is 0 Å². The molecule has 3 aliphatic rings. The molecule has 3 heterocycles. The van der Waals surface area contributed by atoms with E-state index in [0.29, 0.717) is 0 Å². The van der Waals surface area contributed by atoms with Crippen molar-refractivity contribution in [1.29, 1.82) is 0 Å². The van der Waals surface area contributed by atoms with Gasteiger partial charge in [0.2, 0.25) is 0 Å². The first kappa shape index (κ1) is 10.7. The van der Waals surface area contributed by atoms with E-state index in [0.717, 1.165) is 13.1 Å². The minimum atomic E-state index is 1.10. The van der Waals surface area contributed by atoms with Crippen molar-refractivity contribution in [2.75, 3.05) is 26.2 Å². The van der Waals surface area contributed by atoms with Crippen LogP contribution < -0.4 is 0 Å². The van der Waals surface area contributed by atoms with Gasteiger partial charge in [0.1, 0.15) is 0 Å². The van der Waals surface area contributed by atoms with E-state index < -0.39 is 0 Å². The molecule has 0 amide bonds. The summed E-state index contributed by atoms with van der Waals surface area (Å²) in [6.45, 7) is 9.00. The molecular formula is C15H20N2. The average molecular weight is 228 g/mol. The number of rotatable bonds is 0. The van der Waals surface area contributed by atoms with E-state index >= 15 is 0 Å². The van der Waals surface area contributed by atoms with E-state index in [-0.39, 0.29) is 0 Å². The molecule has 17 heavy (non-hydrogen) atoms. The molecule has 0 radical (unpaired) electrons. The molecule has 2 nitrogen and oxygen atoms in total. The zero-order valence-corrected chi connectivity index (χ0v) is 10.7. The maximum atomic E-state index is 2.52. The Labute approximate surface area is 104 Å². The summed E-state index contributed by atoms with van der Waals surface area (Å²) in [5.41, 5.74) is 5.75. The Hall–Kier alpha value is -1.44. The highest BCUT2D eigenvalue weighted by molar-refractivity contribution is 5.41. The highest BCUT2D eigenvalue weighted by atomic mass is 15.2. The number of allylic oxidation sites excluding steroid dienone is 4. The summed E-state index contributed by atoms with van der Waals surface area (Å²) < 4.78 is 0. The average Bonchev–Trinajstić information content (AvgIpc) is 2.47. The van der Waals surface area contributed by atoms with Crippen molar-refractivity contribution >= 4 is 0 Å². The van der Waals surface area contributed by atoms with Crippen LogP contribution in [-0.2, 0) is 0 Å². The fourth-order valence-corrected chi connectivity index (χ4v) is 2.88. The third-order valence-electron chi connectivity index (χ3n) is 3.73. The molecule has 0 spiro atoms. The van der Waals surface area contributed by atoms with Crippen LogP contribution in [0.15, 0.2) is 46.8 Å². The van der Waals surface area contributed by atoms with Crippen LogP contribution in [-0.4, -0.2) is 36.0 Å². The summed E-state index contributed by atoms with van der Waals surface area (Å²) in [7, 11) is 0. The summed E-state index contributed by atoms with van der Waals surface area (Å²) in [5.74, 6) is 0. The molecule has 0 bridgehead atoms. The highest BCUT2D eigenvalue weighted by Crippen LogP contribution is 2.30. The van der Waals surface area contributed by atoms with Crippen LogP contribution in [0.4, 0.5) is 0 Å². The zero-order chi connectivity index (χ0) is 11.8. The number of hydrogen-bond acceptors (Lipinski definition) is 2. The van der Waals surface area contributed by atoms with E-state index in [9.17, 15) is 0 Å². The van der Waals surface area contributed by atoms with Gasteiger partial charge in [-0.3, -0.25) is 0 Å². The molecule has 0 aromatic rings. The number of hydrogen-bond donors (Lipinski definition) is 0. The number of nitrogens with zero attached hydrogens (tertiary/aromatic N) is 2. The van der Waals surface area contributed by atoms with Crippen molar-refractivity contribution < 1.29 is 0 Å². The normalized spacial score (nSPS) is 23.9. The van der Waals surface area contributed by atoms with Gasteiger partial charge in [0.05, 0.1) is 11.4 Å². The predicted octanol–water partition coefficient (Wildman–Crippen LogP) is 2.68. The minimum Gasteiger partial charge on any atom is -0.366 e. The van der Waals surface area contributed by atoms with E-state index in [2.05, 4.69) is 48.0 Å². The van der Waals surface area contributed by atoms with Crippen molar-refractivity contribution in [3.05, 3.63) is 46.8 Å². The maximum absolute atomic E-state index is 2.52. The largest absolute Gasteiger partial charge is 0.366 e. The van der Waals surface area contributed by atoms with Gasteiger partial charge < -0.3 is 9.80 Å². The topological polar surface area (TPSA) is 6.48 Å². The molecule has 0 aromatic heterocycles. The quantitative estimate of drug-likeness (QED) is 0.629. The Morgan fingerprint density at radius 2 is 1.24 bits per heavy atom. The first-order valence-electron chi connectivity index (χ1n) is 6.49. The fraction of sp³-hybridized carbons (Fsp3) is 0.467. The van der Waals surface area contributed by atoms with Crippen LogP contribution in [0.1, 0.15) is 20.3 Å². The molecule has 0 aliphatic carbocycles. The summed E-state index contributed by atoms with van der Waals surface area (Å²) in [4.78, 5) is 5.05.